The van der Waals surface area contributed by atoms with Gasteiger partial charge in [0, 0.05) is 0 Å². The van der Waals surface area contributed by atoms with Crippen molar-refractivity contribution in [1.29, 1.82) is 0 Å². The van der Waals surface area contributed by atoms with Gasteiger partial charge >= 0.3 is 168 Å². The summed E-state index contributed by atoms with van der Waals surface area (Å²) in [6.07, 6.45) is 0. The molecule has 0 amide bonds. The van der Waals surface area contributed by atoms with Crippen LogP contribution in [0.4, 0.5) is 13.2 Å². The van der Waals surface area contributed by atoms with Gasteiger partial charge < -0.3 is 0 Å². The molecule has 0 saturated carbocycles. The molecule has 0 atom stereocenters. The van der Waals surface area contributed by atoms with Crippen LogP contribution in [0.3, 0.4) is 0 Å². The van der Waals surface area contributed by atoms with Gasteiger partial charge in [0.15, 0.2) is 0 Å². The monoisotopic (exact) mass is 682 g/mol. The molecule has 0 aliphatic heterocycles. The van der Waals surface area contributed by atoms with Crippen LogP contribution in [-0.4, -0.2) is 13.9 Å². The molecule has 0 saturated heterocycles. The van der Waals surface area contributed by atoms with Gasteiger partial charge in [0.1, 0.15) is 0 Å². The Labute approximate surface area is 166 Å². The van der Waals surface area contributed by atoms with E-state index in [1.54, 1.807) is 48.5 Å². The van der Waals surface area contributed by atoms with Crippen molar-refractivity contribution in [2.45, 2.75) is 5.51 Å². The summed E-state index contributed by atoms with van der Waals surface area (Å²) >= 11 is 0.870. The van der Waals surface area contributed by atoms with Gasteiger partial charge in [-0.15, -0.1) is 0 Å². The van der Waals surface area contributed by atoms with E-state index in [1.807, 2.05) is 0 Å². The zero-order valence-corrected chi connectivity index (χ0v) is 18.3. The third-order valence-corrected chi connectivity index (χ3v) is 10.9. The molecule has 2 rings (SSSR count). The zero-order valence-electron chi connectivity index (χ0n) is 11.0. The van der Waals surface area contributed by atoms with E-state index in [0.717, 1.165) is 7.14 Å². The first-order valence-corrected chi connectivity index (χ1v) is 12.4. The van der Waals surface area contributed by atoms with Gasteiger partial charge in [-0.2, -0.15) is 0 Å². The van der Waals surface area contributed by atoms with E-state index in [4.69, 9.17) is 0 Å². The molecule has 3 nitrogen and oxygen atoms in total. The molecule has 2 aromatic carbocycles. The number of hydrogen-bond donors (Lipinski definition) is 0. The first kappa shape index (κ1) is 19.7. The minimum absolute atomic E-state index is 0.476. The summed E-state index contributed by atoms with van der Waals surface area (Å²) in [6, 6.07) is 13.3. The van der Waals surface area contributed by atoms with Crippen LogP contribution < -0.4 is 0 Å². The Morgan fingerprint density at radius 2 is 1.17 bits per heavy atom. The van der Waals surface area contributed by atoms with Gasteiger partial charge in [0.25, 0.3) is 0 Å². The van der Waals surface area contributed by atoms with Gasteiger partial charge in [0.2, 0.25) is 0 Å². The van der Waals surface area contributed by atoms with E-state index >= 15 is 0 Å². The molecule has 0 aliphatic carbocycles. The van der Waals surface area contributed by atoms with Crippen LogP contribution in [0.1, 0.15) is 0 Å². The summed E-state index contributed by atoms with van der Waals surface area (Å²) < 4.78 is 68.2. The Balaban J connectivity index is 2.48. The van der Waals surface area contributed by atoms with Crippen molar-refractivity contribution in [3.05, 3.63) is 62.8 Å². The second-order valence-electron chi connectivity index (χ2n) is 4.08. The molecule has 0 bridgehead atoms. The Kier molecular flexibility index (Phi) is 6.58. The Morgan fingerprint density at radius 3 is 1.48 bits per heavy atom. The normalized spacial score (nSPS) is 13.0. The third kappa shape index (κ3) is 5.15. The molecular formula is C13H8F3I3O3S. The Morgan fingerprint density at radius 1 is 0.826 bits per heavy atom. The SMILES string of the molecule is O=S(=O)(OI(c1ccc(I)cc1)c1ccc(I)cc1)C(F)(F)F. The standard InChI is InChI=1S/C13H8F3I3O3S/c14-13(15,16)23(20,21)22-19(11-5-1-9(17)2-6-11)12-7-3-10(18)4-8-12/h1-8H. The average Bonchev–Trinajstić information content (AvgIpc) is 2.46. The average molecular weight is 682 g/mol. The Bertz CT molecular complexity index is 729. The molecule has 0 spiro atoms. The molecule has 126 valence electrons. The molecule has 2 aromatic rings. The van der Waals surface area contributed by atoms with Crippen molar-refractivity contribution in [1.82, 2.24) is 0 Å². The van der Waals surface area contributed by atoms with Crippen molar-refractivity contribution in [3.63, 3.8) is 0 Å². The van der Waals surface area contributed by atoms with E-state index in [9.17, 15) is 21.6 Å². The molecule has 23 heavy (non-hydrogen) atoms. The molecule has 0 unspecified atom stereocenters. The summed E-state index contributed by atoms with van der Waals surface area (Å²) in [6.45, 7) is 0. The second kappa shape index (κ2) is 7.70. The van der Waals surface area contributed by atoms with Gasteiger partial charge in [-0.3, -0.25) is 0 Å². The van der Waals surface area contributed by atoms with E-state index in [0.29, 0.717) is 7.14 Å². The molecule has 0 aromatic heterocycles. The van der Waals surface area contributed by atoms with Crippen molar-refractivity contribution in [2.75, 3.05) is 0 Å². The molecule has 0 heterocycles. The van der Waals surface area contributed by atoms with Crippen LogP contribution in [0.2, 0.25) is 0 Å². The predicted octanol–water partition coefficient (Wildman–Crippen LogP) is 5.22. The van der Waals surface area contributed by atoms with Gasteiger partial charge in [-0.05, 0) is 0 Å². The van der Waals surface area contributed by atoms with Crippen molar-refractivity contribution >= 4 is 75.5 Å². The van der Waals surface area contributed by atoms with Crippen molar-refractivity contribution < 1.29 is 24.1 Å². The fourth-order valence-electron chi connectivity index (χ4n) is 1.41. The maximum atomic E-state index is 12.7. The number of hydrogen-bond acceptors (Lipinski definition) is 3. The van der Waals surface area contributed by atoms with Gasteiger partial charge in [-0.25, -0.2) is 0 Å². The summed E-state index contributed by atoms with van der Waals surface area (Å²) in [5, 5.41) is 0. The molecule has 0 fully saturated rings. The third-order valence-electron chi connectivity index (χ3n) is 2.43. The number of benzene rings is 2. The minimum atomic E-state index is -5.65. The summed E-state index contributed by atoms with van der Waals surface area (Å²) in [5.41, 5.74) is -5.44. The van der Waals surface area contributed by atoms with Crippen LogP contribution in [0, 0.1) is 14.3 Å². The summed E-state index contributed by atoms with van der Waals surface area (Å²) in [7, 11) is -5.65. The van der Waals surface area contributed by atoms with Crippen LogP contribution in [-0.2, 0) is 12.6 Å². The quantitative estimate of drug-likeness (QED) is 0.329. The fraction of sp³-hybridized carbons (Fsp3) is 0.0769. The van der Waals surface area contributed by atoms with Gasteiger partial charge in [0.05, 0.1) is 0 Å². The number of halogens is 6. The van der Waals surface area contributed by atoms with E-state index < -0.39 is 35.9 Å². The molecule has 0 aliphatic rings. The van der Waals surface area contributed by atoms with Crippen LogP contribution in [0.25, 0.3) is 0 Å². The molecule has 10 heteroatoms. The summed E-state index contributed by atoms with van der Waals surface area (Å²) in [4.78, 5) is 0. The molecule has 0 N–H and O–H groups in total. The summed E-state index contributed by atoms with van der Waals surface area (Å²) in [5.74, 6) is 0. The maximum absolute atomic E-state index is 12.7. The Hall–Kier alpha value is 0.330. The molecule has 0 radical (unpaired) electrons. The van der Waals surface area contributed by atoms with E-state index in [2.05, 4.69) is 47.7 Å². The topological polar surface area (TPSA) is 43.4 Å². The van der Waals surface area contributed by atoms with E-state index in [-0.39, 0.29) is 0 Å². The first-order valence-electron chi connectivity index (χ1n) is 5.82. The molecular weight excluding hydrogens is 674 g/mol. The van der Waals surface area contributed by atoms with Crippen LogP contribution in [0.5, 0.6) is 0 Å². The van der Waals surface area contributed by atoms with Crippen molar-refractivity contribution in [2.24, 2.45) is 0 Å². The second-order valence-corrected chi connectivity index (χ2v) is 13.1. The van der Waals surface area contributed by atoms with Crippen LogP contribution in [0.15, 0.2) is 48.5 Å². The predicted molar refractivity (Wildman–Crippen MR) is 106 cm³/mol. The van der Waals surface area contributed by atoms with Crippen molar-refractivity contribution in [3.8, 4) is 0 Å². The number of rotatable bonds is 4. The first-order chi connectivity index (χ1) is 10.6. The van der Waals surface area contributed by atoms with E-state index in [1.165, 1.54) is 0 Å². The van der Waals surface area contributed by atoms with Crippen LogP contribution >= 0.6 is 65.4 Å². The zero-order chi connectivity index (χ0) is 17.3. The number of alkyl halides is 3. The van der Waals surface area contributed by atoms with Gasteiger partial charge in [-0.1, -0.05) is 0 Å². The fourth-order valence-corrected chi connectivity index (χ4v) is 8.53.